The molecule has 0 atom stereocenters. The van der Waals surface area contributed by atoms with E-state index in [0.717, 1.165) is 58.2 Å². The summed E-state index contributed by atoms with van der Waals surface area (Å²) in [6, 6.07) is 4.46. The first-order chi connectivity index (χ1) is 17.7. The number of halogens is 3. The third-order valence-corrected chi connectivity index (χ3v) is 10.3. The molecule has 1 aliphatic rings. The average Bonchev–Trinajstić information content (AvgIpc) is 3.33. The SMILES string of the molecule is CC(C)(C(=O)O)S(=O)(=O)c1cnc(NC(=O)N(CCOCc2ccccc2C(F)(F)F)C2CCCCC2)s1. The van der Waals surface area contributed by atoms with E-state index in [9.17, 15) is 36.3 Å². The molecular weight excluding hydrogens is 547 g/mol. The fourth-order valence-electron chi connectivity index (χ4n) is 4.08. The Bertz CT molecular complexity index is 1240. The lowest BCUT2D eigenvalue weighted by Gasteiger charge is -2.34. The molecule has 0 saturated heterocycles. The van der Waals surface area contributed by atoms with Gasteiger partial charge in [-0.25, -0.2) is 18.2 Å². The van der Waals surface area contributed by atoms with Crippen molar-refractivity contribution in [2.45, 2.75) is 73.7 Å². The van der Waals surface area contributed by atoms with Crippen molar-refractivity contribution in [1.29, 1.82) is 0 Å². The summed E-state index contributed by atoms with van der Waals surface area (Å²) >= 11 is 0.647. The summed E-state index contributed by atoms with van der Waals surface area (Å²) in [6.45, 7) is 1.96. The molecule has 1 heterocycles. The fourth-order valence-corrected chi connectivity index (χ4v) is 6.85. The quantitative estimate of drug-likeness (QED) is 0.373. The van der Waals surface area contributed by atoms with Crippen molar-refractivity contribution in [1.82, 2.24) is 9.88 Å². The lowest BCUT2D eigenvalue weighted by molar-refractivity contribution is -0.139. The molecule has 0 radical (unpaired) electrons. The van der Waals surface area contributed by atoms with Crippen LogP contribution in [-0.2, 0) is 32.2 Å². The van der Waals surface area contributed by atoms with Gasteiger partial charge in [0.1, 0.15) is 4.21 Å². The van der Waals surface area contributed by atoms with Gasteiger partial charge in [0, 0.05) is 12.6 Å². The van der Waals surface area contributed by atoms with E-state index in [1.807, 2.05) is 0 Å². The van der Waals surface area contributed by atoms with Gasteiger partial charge in [-0.3, -0.25) is 10.1 Å². The number of carbonyl (C=O) groups excluding carboxylic acids is 1. The first-order valence-electron chi connectivity index (χ1n) is 12.0. The molecule has 210 valence electrons. The van der Waals surface area contributed by atoms with Gasteiger partial charge in [-0.1, -0.05) is 48.8 Å². The van der Waals surface area contributed by atoms with Crippen LogP contribution in [0, 0.1) is 0 Å². The van der Waals surface area contributed by atoms with Crippen LogP contribution in [0.3, 0.4) is 0 Å². The number of alkyl halides is 3. The van der Waals surface area contributed by atoms with Crippen molar-refractivity contribution < 1.29 is 41.0 Å². The van der Waals surface area contributed by atoms with Crippen LogP contribution in [0.25, 0.3) is 0 Å². The lowest BCUT2D eigenvalue weighted by atomic mass is 9.94. The van der Waals surface area contributed by atoms with Gasteiger partial charge in [-0.15, -0.1) is 0 Å². The maximum absolute atomic E-state index is 13.2. The van der Waals surface area contributed by atoms with Crippen molar-refractivity contribution in [2.24, 2.45) is 0 Å². The molecule has 3 rings (SSSR count). The Morgan fingerprint density at radius 3 is 2.47 bits per heavy atom. The normalized spacial score (nSPS) is 15.3. The number of rotatable bonds is 10. The molecule has 9 nitrogen and oxygen atoms in total. The van der Waals surface area contributed by atoms with Crippen LogP contribution in [0.5, 0.6) is 0 Å². The number of hydrogen-bond donors (Lipinski definition) is 2. The topological polar surface area (TPSA) is 126 Å². The van der Waals surface area contributed by atoms with Crippen LogP contribution in [0.1, 0.15) is 57.1 Å². The van der Waals surface area contributed by atoms with Crippen LogP contribution >= 0.6 is 11.3 Å². The minimum absolute atomic E-state index is 0.00511. The number of benzene rings is 1. The Morgan fingerprint density at radius 1 is 1.18 bits per heavy atom. The highest BCUT2D eigenvalue weighted by atomic mass is 32.2. The molecule has 1 aliphatic carbocycles. The molecular formula is C24H30F3N3O6S2. The number of urea groups is 1. The number of amides is 2. The van der Waals surface area contributed by atoms with Gasteiger partial charge >= 0.3 is 18.2 Å². The first kappa shape index (κ1) is 29.8. The molecule has 1 saturated carbocycles. The van der Waals surface area contributed by atoms with Crippen LogP contribution in [0.15, 0.2) is 34.7 Å². The smallest absolute Gasteiger partial charge is 0.416 e. The van der Waals surface area contributed by atoms with Gasteiger partial charge in [0.2, 0.25) is 9.84 Å². The maximum Gasteiger partial charge on any atom is 0.416 e. The fraction of sp³-hybridized carbons (Fsp3) is 0.542. The maximum atomic E-state index is 13.2. The molecule has 0 spiro atoms. The summed E-state index contributed by atoms with van der Waals surface area (Å²) in [5.41, 5.74) is -0.781. The summed E-state index contributed by atoms with van der Waals surface area (Å²) < 4.78 is 68.3. The van der Waals surface area contributed by atoms with E-state index < -0.39 is 38.3 Å². The zero-order chi connectivity index (χ0) is 28.1. The molecule has 0 aliphatic heterocycles. The molecule has 38 heavy (non-hydrogen) atoms. The van der Waals surface area contributed by atoms with Crippen LogP contribution in [0.4, 0.5) is 23.1 Å². The number of aromatic nitrogens is 1. The molecule has 1 fully saturated rings. The molecule has 0 bridgehead atoms. The largest absolute Gasteiger partial charge is 0.480 e. The predicted molar refractivity (Wildman–Crippen MR) is 135 cm³/mol. The number of ether oxygens (including phenoxy) is 1. The molecule has 2 amide bonds. The minimum atomic E-state index is -4.51. The first-order valence-corrected chi connectivity index (χ1v) is 14.3. The van der Waals surface area contributed by atoms with E-state index in [4.69, 9.17) is 4.74 Å². The number of hydrogen-bond acceptors (Lipinski definition) is 7. The van der Waals surface area contributed by atoms with E-state index in [1.54, 1.807) is 0 Å². The number of nitrogens with one attached hydrogen (secondary N) is 1. The highest BCUT2D eigenvalue weighted by Gasteiger charge is 2.44. The van der Waals surface area contributed by atoms with E-state index >= 15 is 0 Å². The van der Waals surface area contributed by atoms with Crippen molar-refractivity contribution in [3.63, 3.8) is 0 Å². The standard InChI is InChI=1S/C24H30F3N3O6S2/c1-23(2,20(31)32)38(34,35)19-14-28-21(37-19)29-22(33)30(17-9-4-3-5-10-17)12-13-36-15-16-8-6-7-11-18(16)24(25,26)27/h6-8,11,14,17H,3-5,9-10,12-13,15H2,1-2H3,(H,31,32)(H,28,29,33). The molecule has 1 aromatic heterocycles. The van der Waals surface area contributed by atoms with Crippen LogP contribution < -0.4 is 5.32 Å². The van der Waals surface area contributed by atoms with Gasteiger partial charge in [0.15, 0.2) is 9.88 Å². The Kier molecular flexibility index (Phi) is 9.42. The van der Waals surface area contributed by atoms with E-state index in [1.165, 1.54) is 23.1 Å². The predicted octanol–water partition coefficient (Wildman–Crippen LogP) is 5.18. The number of aliphatic carboxylic acids is 1. The van der Waals surface area contributed by atoms with Crippen LogP contribution in [-0.4, -0.2) is 59.3 Å². The summed E-state index contributed by atoms with van der Waals surface area (Å²) in [5.74, 6) is -1.52. The summed E-state index contributed by atoms with van der Waals surface area (Å²) in [4.78, 5) is 30.1. The Balaban J connectivity index is 1.68. The highest BCUT2D eigenvalue weighted by molar-refractivity contribution is 7.95. The zero-order valence-electron chi connectivity index (χ0n) is 21.0. The van der Waals surface area contributed by atoms with Crippen molar-refractivity contribution in [2.75, 3.05) is 18.5 Å². The number of carboxylic acid groups (broad SMARTS) is 1. The van der Waals surface area contributed by atoms with Gasteiger partial charge in [0.25, 0.3) is 0 Å². The second-order valence-electron chi connectivity index (χ2n) is 9.43. The molecule has 1 aromatic carbocycles. The molecule has 14 heteroatoms. The number of carbonyl (C=O) groups is 2. The Morgan fingerprint density at radius 2 is 1.84 bits per heavy atom. The second-order valence-corrected chi connectivity index (χ2v) is 13.2. The summed E-state index contributed by atoms with van der Waals surface area (Å²) in [5, 5.41) is 11.9. The molecule has 0 unspecified atom stereocenters. The van der Waals surface area contributed by atoms with Gasteiger partial charge in [0.05, 0.1) is 25.0 Å². The number of sulfone groups is 1. The van der Waals surface area contributed by atoms with Crippen molar-refractivity contribution in [3.8, 4) is 0 Å². The number of anilines is 1. The molecule has 2 aromatic rings. The van der Waals surface area contributed by atoms with Gasteiger partial charge < -0.3 is 14.7 Å². The highest BCUT2D eigenvalue weighted by Crippen LogP contribution is 2.33. The molecule has 2 N–H and O–H groups in total. The number of carboxylic acids is 1. The third kappa shape index (κ3) is 6.83. The Hall–Kier alpha value is -2.71. The van der Waals surface area contributed by atoms with E-state index in [-0.39, 0.29) is 40.7 Å². The second kappa shape index (κ2) is 12.0. The lowest BCUT2D eigenvalue weighted by Crippen LogP contribution is -2.45. The van der Waals surface area contributed by atoms with Crippen molar-refractivity contribution in [3.05, 3.63) is 41.6 Å². The van der Waals surface area contributed by atoms with Gasteiger partial charge in [-0.05, 0) is 38.3 Å². The average molecular weight is 578 g/mol. The number of thiazole rings is 1. The summed E-state index contributed by atoms with van der Waals surface area (Å²) in [6.07, 6.45) is 0.851. The third-order valence-electron chi connectivity index (χ3n) is 6.48. The van der Waals surface area contributed by atoms with E-state index in [0.29, 0.717) is 11.3 Å². The van der Waals surface area contributed by atoms with E-state index in [2.05, 4.69) is 10.3 Å². The van der Waals surface area contributed by atoms with Crippen LogP contribution in [0.2, 0.25) is 0 Å². The zero-order valence-corrected chi connectivity index (χ0v) is 22.6. The monoisotopic (exact) mass is 577 g/mol. The minimum Gasteiger partial charge on any atom is -0.480 e. The van der Waals surface area contributed by atoms with Gasteiger partial charge in [-0.2, -0.15) is 13.2 Å². The number of nitrogens with zero attached hydrogens (tertiary/aromatic N) is 2. The van der Waals surface area contributed by atoms with Crippen molar-refractivity contribution >= 4 is 38.3 Å². The Labute approximate surface area is 222 Å². The summed E-state index contributed by atoms with van der Waals surface area (Å²) in [7, 11) is -4.26.